The van der Waals surface area contributed by atoms with Crippen molar-refractivity contribution in [1.29, 1.82) is 0 Å². The first kappa shape index (κ1) is 12.3. The lowest BCUT2D eigenvalue weighted by molar-refractivity contribution is 0.142. The van der Waals surface area contributed by atoms with Crippen molar-refractivity contribution in [2.45, 2.75) is 52.6 Å². The molecule has 0 aliphatic carbocycles. The van der Waals surface area contributed by atoms with E-state index in [4.69, 9.17) is 4.74 Å². The van der Waals surface area contributed by atoms with Crippen LogP contribution in [-0.4, -0.2) is 6.10 Å². The van der Waals surface area contributed by atoms with Gasteiger partial charge < -0.3 is 4.74 Å². The standard InChI is InChI=1S/C12H22O/c1-4-7-9-10-12(6-3)13-11-8-5-2/h7-9,11-12H,4-6,10H2,1-3H3/b9-7+,11-8+. The van der Waals surface area contributed by atoms with Gasteiger partial charge in [-0.05, 0) is 19.3 Å². The van der Waals surface area contributed by atoms with Crippen LogP contribution >= 0.6 is 0 Å². The summed E-state index contributed by atoms with van der Waals surface area (Å²) in [5, 5.41) is 0. The Hall–Kier alpha value is -0.720. The van der Waals surface area contributed by atoms with Gasteiger partial charge >= 0.3 is 0 Å². The lowest BCUT2D eigenvalue weighted by Gasteiger charge is -2.11. The maximum atomic E-state index is 5.55. The predicted molar refractivity (Wildman–Crippen MR) is 58.6 cm³/mol. The second kappa shape index (κ2) is 9.37. The first-order valence-electron chi connectivity index (χ1n) is 5.30. The normalized spacial score (nSPS) is 14.1. The molecule has 0 bridgehead atoms. The number of allylic oxidation sites excluding steroid dienone is 2. The van der Waals surface area contributed by atoms with Crippen molar-refractivity contribution < 1.29 is 4.74 Å². The fraction of sp³-hybridized carbons (Fsp3) is 0.667. The Morgan fingerprint density at radius 1 is 1.00 bits per heavy atom. The van der Waals surface area contributed by atoms with Crippen molar-refractivity contribution in [3.8, 4) is 0 Å². The van der Waals surface area contributed by atoms with Crippen LogP contribution in [0.15, 0.2) is 24.5 Å². The zero-order chi connectivity index (χ0) is 9.94. The predicted octanol–water partition coefficient (Wildman–Crippen LogP) is 4.06. The minimum Gasteiger partial charge on any atom is -0.498 e. The molecular formula is C12H22O. The highest BCUT2D eigenvalue weighted by atomic mass is 16.5. The van der Waals surface area contributed by atoms with Gasteiger partial charge in [0.25, 0.3) is 0 Å². The van der Waals surface area contributed by atoms with Crippen LogP contribution in [0.4, 0.5) is 0 Å². The number of rotatable bonds is 7. The van der Waals surface area contributed by atoms with Gasteiger partial charge in [0.15, 0.2) is 0 Å². The van der Waals surface area contributed by atoms with Crippen LogP contribution in [0.3, 0.4) is 0 Å². The monoisotopic (exact) mass is 182 g/mol. The van der Waals surface area contributed by atoms with Crippen molar-refractivity contribution >= 4 is 0 Å². The summed E-state index contributed by atoms with van der Waals surface area (Å²) in [6, 6.07) is 0. The van der Waals surface area contributed by atoms with E-state index in [9.17, 15) is 0 Å². The molecular weight excluding hydrogens is 160 g/mol. The van der Waals surface area contributed by atoms with E-state index in [0.717, 1.165) is 25.7 Å². The van der Waals surface area contributed by atoms with Crippen molar-refractivity contribution in [3.63, 3.8) is 0 Å². The first-order valence-corrected chi connectivity index (χ1v) is 5.30. The van der Waals surface area contributed by atoms with E-state index in [-0.39, 0.29) is 0 Å². The van der Waals surface area contributed by atoms with Gasteiger partial charge in [0.05, 0.1) is 6.26 Å². The molecule has 0 aliphatic rings. The van der Waals surface area contributed by atoms with E-state index in [0.29, 0.717) is 6.10 Å². The Kier molecular flexibility index (Phi) is 8.85. The molecule has 1 unspecified atom stereocenters. The smallest absolute Gasteiger partial charge is 0.101 e. The van der Waals surface area contributed by atoms with Gasteiger partial charge in [-0.2, -0.15) is 0 Å². The van der Waals surface area contributed by atoms with Gasteiger partial charge in [0.2, 0.25) is 0 Å². The van der Waals surface area contributed by atoms with Crippen molar-refractivity contribution in [1.82, 2.24) is 0 Å². The molecule has 0 saturated carbocycles. The number of ether oxygens (including phenoxy) is 1. The lowest BCUT2D eigenvalue weighted by Crippen LogP contribution is -2.06. The third-order valence-electron chi connectivity index (χ3n) is 1.86. The van der Waals surface area contributed by atoms with Crippen LogP contribution in [0.1, 0.15) is 46.5 Å². The average Bonchev–Trinajstić information content (AvgIpc) is 2.16. The van der Waals surface area contributed by atoms with Crippen LogP contribution in [0.2, 0.25) is 0 Å². The summed E-state index contributed by atoms with van der Waals surface area (Å²) >= 11 is 0. The maximum Gasteiger partial charge on any atom is 0.101 e. The van der Waals surface area contributed by atoms with Gasteiger partial charge in [-0.1, -0.05) is 39.0 Å². The lowest BCUT2D eigenvalue weighted by atomic mass is 10.2. The van der Waals surface area contributed by atoms with E-state index in [2.05, 4.69) is 32.9 Å². The largest absolute Gasteiger partial charge is 0.498 e. The Bertz CT molecular complexity index is 131. The SMILES string of the molecule is CC/C=C/CC(CC)O/C=C/CC. The Morgan fingerprint density at radius 3 is 2.23 bits per heavy atom. The summed E-state index contributed by atoms with van der Waals surface area (Å²) in [6.45, 7) is 6.41. The molecule has 1 heteroatoms. The third kappa shape index (κ3) is 7.63. The molecule has 0 aromatic rings. The van der Waals surface area contributed by atoms with Gasteiger partial charge in [-0.3, -0.25) is 0 Å². The van der Waals surface area contributed by atoms with Gasteiger partial charge in [0, 0.05) is 6.42 Å². The van der Waals surface area contributed by atoms with E-state index >= 15 is 0 Å². The van der Waals surface area contributed by atoms with Crippen LogP contribution in [-0.2, 0) is 4.74 Å². The van der Waals surface area contributed by atoms with Crippen LogP contribution in [0.5, 0.6) is 0 Å². The molecule has 76 valence electrons. The molecule has 0 aromatic heterocycles. The third-order valence-corrected chi connectivity index (χ3v) is 1.86. The van der Waals surface area contributed by atoms with E-state index in [1.807, 2.05) is 12.3 Å². The summed E-state index contributed by atoms with van der Waals surface area (Å²) < 4.78 is 5.55. The summed E-state index contributed by atoms with van der Waals surface area (Å²) in [5.41, 5.74) is 0. The van der Waals surface area contributed by atoms with Gasteiger partial charge in [0.1, 0.15) is 6.10 Å². The first-order chi connectivity index (χ1) is 6.35. The summed E-state index contributed by atoms with van der Waals surface area (Å²) in [5.74, 6) is 0. The quantitative estimate of drug-likeness (QED) is 0.426. The van der Waals surface area contributed by atoms with Crippen molar-refractivity contribution in [2.75, 3.05) is 0 Å². The molecule has 0 fully saturated rings. The summed E-state index contributed by atoms with van der Waals surface area (Å²) in [4.78, 5) is 0. The van der Waals surface area contributed by atoms with Crippen LogP contribution in [0, 0.1) is 0 Å². The fourth-order valence-corrected chi connectivity index (χ4v) is 0.996. The van der Waals surface area contributed by atoms with Crippen molar-refractivity contribution in [2.24, 2.45) is 0 Å². The maximum absolute atomic E-state index is 5.55. The van der Waals surface area contributed by atoms with E-state index in [1.165, 1.54) is 0 Å². The molecule has 1 nitrogen and oxygen atoms in total. The molecule has 0 amide bonds. The van der Waals surface area contributed by atoms with Crippen molar-refractivity contribution in [3.05, 3.63) is 24.5 Å². The fourth-order valence-electron chi connectivity index (χ4n) is 0.996. The molecule has 0 N–H and O–H groups in total. The summed E-state index contributed by atoms with van der Waals surface area (Å²) in [6.07, 6.45) is 12.9. The molecule has 0 heterocycles. The zero-order valence-electron chi connectivity index (χ0n) is 9.12. The molecule has 0 aromatic carbocycles. The summed E-state index contributed by atoms with van der Waals surface area (Å²) in [7, 11) is 0. The molecule has 0 rings (SSSR count). The molecule has 0 spiro atoms. The van der Waals surface area contributed by atoms with E-state index in [1.54, 1.807) is 0 Å². The Labute approximate surface area is 82.5 Å². The molecule has 0 aliphatic heterocycles. The number of hydrogen-bond acceptors (Lipinski definition) is 1. The Morgan fingerprint density at radius 2 is 1.69 bits per heavy atom. The highest BCUT2D eigenvalue weighted by Crippen LogP contribution is 2.05. The minimum atomic E-state index is 0.352. The second-order valence-electron chi connectivity index (χ2n) is 3.06. The second-order valence-corrected chi connectivity index (χ2v) is 3.06. The van der Waals surface area contributed by atoms with Crippen LogP contribution in [0.25, 0.3) is 0 Å². The average molecular weight is 182 g/mol. The Balaban J connectivity index is 3.62. The minimum absolute atomic E-state index is 0.352. The van der Waals surface area contributed by atoms with Crippen LogP contribution < -0.4 is 0 Å². The zero-order valence-corrected chi connectivity index (χ0v) is 9.12. The highest BCUT2D eigenvalue weighted by Gasteiger charge is 2.00. The molecule has 0 radical (unpaired) electrons. The van der Waals surface area contributed by atoms with Gasteiger partial charge in [-0.25, -0.2) is 0 Å². The molecule has 1 atom stereocenters. The molecule has 0 saturated heterocycles. The topological polar surface area (TPSA) is 9.23 Å². The number of hydrogen-bond donors (Lipinski definition) is 0. The van der Waals surface area contributed by atoms with Gasteiger partial charge in [-0.15, -0.1) is 0 Å². The van der Waals surface area contributed by atoms with E-state index < -0.39 is 0 Å². The highest BCUT2D eigenvalue weighted by molar-refractivity contribution is 4.84. The molecule has 13 heavy (non-hydrogen) atoms.